The van der Waals surface area contributed by atoms with Crippen LogP contribution in [0.25, 0.3) is 10.9 Å². The van der Waals surface area contributed by atoms with Crippen LogP contribution in [-0.4, -0.2) is 32.4 Å². The Hall–Kier alpha value is -1.88. The van der Waals surface area contributed by atoms with E-state index in [0.29, 0.717) is 12.5 Å². The van der Waals surface area contributed by atoms with E-state index < -0.39 is 11.5 Å². The normalized spacial score (nSPS) is 19.3. The molecule has 1 aromatic carbocycles. The Bertz CT molecular complexity index is 662. The van der Waals surface area contributed by atoms with Crippen molar-refractivity contribution in [3.63, 3.8) is 0 Å². The predicted molar refractivity (Wildman–Crippen MR) is 81.3 cm³/mol. The maximum absolute atomic E-state index is 11.7. The van der Waals surface area contributed by atoms with Crippen LogP contribution in [0.4, 0.5) is 0 Å². The number of nitrogens with zero attached hydrogens (tertiary/aromatic N) is 2. The molecule has 2 N–H and O–H groups in total. The summed E-state index contributed by atoms with van der Waals surface area (Å²) in [6, 6.07) is 8.36. The van der Waals surface area contributed by atoms with Gasteiger partial charge in [0, 0.05) is 11.4 Å². The molecular formula is C16H21N3O2. The standard InChI is InChI=1S/C16H21N3O2/c1-11(9-16(2,15(20)21)18-13-7-8-13)19-14-6-4-3-5-12(14)10-17-19/h3-6,10-11,13,18H,7-9H2,1-2H3,(H,20,21). The Morgan fingerprint density at radius 2 is 2.24 bits per heavy atom. The van der Waals surface area contributed by atoms with Crippen LogP contribution in [0.15, 0.2) is 30.5 Å². The van der Waals surface area contributed by atoms with Crippen LogP contribution < -0.4 is 5.32 Å². The molecule has 1 aliphatic rings. The summed E-state index contributed by atoms with van der Waals surface area (Å²) in [5.74, 6) is -0.794. The van der Waals surface area contributed by atoms with Gasteiger partial charge in [0.25, 0.3) is 0 Å². The zero-order valence-corrected chi connectivity index (χ0v) is 12.4. The van der Waals surface area contributed by atoms with Gasteiger partial charge in [-0.15, -0.1) is 0 Å². The summed E-state index contributed by atoms with van der Waals surface area (Å²) in [5.41, 5.74) is 0.136. The number of carboxylic acid groups (broad SMARTS) is 1. The number of benzene rings is 1. The van der Waals surface area contributed by atoms with Gasteiger partial charge in [-0.25, -0.2) is 0 Å². The summed E-state index contributed by atoms with van der Waals surface area (Å²) >= 11 is 0. The summed E-state index contributed by atoms with van der Waals surface area (Å²) in [7, 11) is 0. The molecule has 0 radical (unpaired) electrons. The third kappa shape index (κ3) is 2.78. The van der Waals surface area contributed by atoms with Crippen LogP contribution in [0.3, 0.4) is 0 Å². The Morgan fingerprint density at radius 3 is 2.90 bits per heavy atom. The number of carboxylic acids is 1. The molecule has 0 bridgehead atoms. The topological polar surface area (TPSA) is 67.2 Å². The second kappa shape index (κ2) is 5.15. The van der Waals surface area contributed by atoms with E-state index in [4.69, 9.17) is 0 Å². The van der Waals surface area contributed by atoms with Gasteiger partial charge in [0.1, 0.15) is 5.54 Å². The molecule has 2 atom stereocenters. The summed E-state index contributed by atoms with van der Waals surface area (Å²) in [6.45, 7) is 3.80. The van der Waals surface area contributed by atoms with Crippen LogP contribution in [0.5, 0.6) is 0 Å². The number of carbonyl (C=O) groups is 1. The first-order valence-corrected chi connectivity index (χ1v) is 7.43. The van der Waals surface area contributed by atoms with Crippen molar-refractivity contribution in [2.45, 2.75) is 50.7 Å². The van der Waals surface area contributed by atoms with Crippen LogP contribution in [-0.2, 0) is 4.79 Å². The molecule has 0 amide bonds. The molecule has 2 aromatic rings. The van der Waals surface area contributed by atoms with Gasteiger partial charge in [-0.1, -0.05) is 18.2 Å². The lowest BCUT2D eigenvalue weighted by Gasteiger charge is -2.29. The lowest BCUT2D eigenvalue weighted by molar-refractivity contribution is -0.145. The molecular weight excluding hydrogens is 266 g/mol. The number of hydrogen-bond acceptors (Lipinski definition) is 3. The van der Waals surface area contributed by atoms with Gasteiger partial charge >= 0.3 is 5.97 Å². The summed E-state index contributed by atoms with van der Waals surface area (Å²) in [4.78, 5) is 11.7. The van der Waals surface area contributed by atoms with Crippen LogP contribution in [0.2, 0.25) is 0 Å². The van der Waals surface area contributed by atoms with Crippen molar-refractivity contribution in [2.24, 2.45) is 0 Å². The summed E-state index contributed by atoms with van der Waals surface area (Å²) < 4.78 is 1.92. The smallest absolute Gasteiger partial charge is 0.323 e. The van der Waals surface area contributed by atoms with Crippen LogP contribution in [0, 0.1) is 0 Å². The van der Waals surface area contributed by atoms with E-state index in [1.807, 2.05) is 42.1 Å². The van der Waals surface area contributed by atoms with Gasteiger partial charge in [0.15, 0.2) is 0 Å². The highest BCUT2D eigenvalue weighted by Gasteiger charge is 2.40. The second-order valence-corrected chi connectivity index (χ2v) is 6.26. The molecule has 0 saturated heterocycles. The molecule has 3 rings (SSSR count). The van der Waals surface area contributed by atoms with Crippen molar-refractivity contribution in [3.8, 4) is 0 Å². The van der Waals surface area contributed by atoms with Gasteiger partial charge < -0.3 is 5.11 Å². The van der Waals surface area contributed by atoms with E-state index in [1.54, 1.807) is 6.92 Å². The predicted octanol–water partition coefficient (Wildman–Crippen LogP) is 2.58. The maximum atomic E-state index is 11.7. The highest BCUT2D eigenvalue weighted by Crippen LogP contribution is 2.29. The van der Waals surface area contributed by atoms with Crippen molar-refractivity contribution in [1.29, 1.82) is 0 Å². The van der Waals surface area contributed by atoms with Gasteiger partial charge in [-0.2, -0.15) is 5.10 Å². The maximum Gasteiger partial charge on any atom is 0.323 e. The molecule has 1 aliphatic carbocycles. The first-order valence-electron chi connectivity index (χ1n) is 7.43. The zero-order valence-electron chi connectivity index (χ0n) is 12.4. The second-order valence-electron chi connectivity index (χ2n) is 6.26. The summed E-state index contributed by atoms with van der Waals surface area (Å²) in [6.07, 6.45) is 4.48. The van der Waals surface area contributed by atoms with Gasteiger partial charge in [0.2, 0.25) is 0 Å². The van der Waals surface area contributed by atoms with Crippen molar-refractivity contribution < 1.29 is 9.90 Å². The molecule has 2 unspecified atom stereocenters. The Balaban J connectivity index is 1.83. The first kappa shape index (κ1) is 14.1. The lowest BCUT2D eigenvalue weighted by atomic mass is 9.93. The molecule has 1 heterocycles. The number of nitrogens with one attached hydrogen (secondary N) is 1. The average Bonchev–Trinajstić information content (AvgIpc) is 3.14. The first-order chi connectivity index (χ1) is 9.99. The molecule has 21 heavy (non-hydrogen) atoms. The molecule has 5 heteroatoms. The summed E-state index contributed by atoms with van der Waals surface area (Å²) in [5, 5.41) is 18.4. The Labute approximate surface area is 124 Å². The number of fused-ring (bicyclic) bond motifs is 1. The molecule has 1 saturated carbocycles. The van der Waals surface area contributed by atoms with Crippen LogP contribution >= 0.6 is 0 Å². The Kier molecular flexibility index (Phi) is 3.45. The fraction of sp³-hybridized carbons (Fsp3) is 0.500. The van der Waals surface area contributed by atoms with Crippen molar-refractivity contribution in [2.75, 3.05) is 0 Å². The molecule has 5 nitrogen and oxygen atoms in total. The van der Waals surface area contributed by atoms with E-state index in [2.05, 4.69) is 10.4 Å². The van der Waals surface area contributed by atoms with Crippen molar-refractivity contribution in [1.82, 2.24) is 15.1 Å². The van der Waals surface area contributed by atoms with Gasteiger partial charge in [-0.05, 0) is 39.2 Å². The van der Waals surface area contributed by atoms with Crippen LogP contribution in [0.1, 0.15) is 39.2 Å². The number of aromatic nitrogens is 2. The highest BCUT2D eigenvalue weighted by molar-refractivity contribution is 5.79. The monoisotopic (exact) mass is 287 g/mol. The fourth-order valence-electron chi connectivity index (χ4n) is 2.91. The largest absolute Gasteiger partial charge is 0.480 e. The molecule has 1 fully saturated rings. The van der Waals surface area contributed by atoms with Crippen molar-refractivity contribution >= 4 is 16.9 Å². The number of hydrogen-bond donors (Lipinski definition) is 2. The Morgan fingerprint density at radius 1 is 1.52 bits per heavy atom. The highest BCUT2D eigenvalue weighted by atomic mass is 16.4. The zero-order chi connectivity index (χ0) is 15.0. The van der Waals surface area contributed by atoms with E-state index in [-0.39, 0.29) is 6.04 Å². The van der Waals surface area contributed by atoms with Crippen molar-refractivity contribution in [3.05, 3.63) is 30.5 Å². The third-order valence-electron chi connectivity index (χ3n) is 4.20. The van der Waals surface area contributed by atoms with E-state index >= 15 is 0 Å². The minimum absolute atomic E-state index is 0.0113. The number of para-hydroxylation sites is 1. The molecule has 0 spiro atoms. The number of rotatable bonds is 6. The molecule has 112 valence electrons. The fourth-order valence-corrected chi connectivity index (χ4v) is 2.91. The van der Waals surface area contributed by atoms with Gasteiger partial charge in [-0.3, -0.25) is 14.8 Å². The minimum Gasteiger partial charge on any atom is -0.480 e. The van der Waals surface area contributed by atoms with E-state index in [0.717, 1.165) is 23.7 Å². The minimum atomic E-state index is -0.909. The van der Waals surface area contributed by atoms with Gasteiger partial charge in [0.05, 0.1) is 17.8 Å². The molecule has 1 aromatic heterocycles. The average molecular weight is 287 g/mol. The lowest BCUT2D eigenvalue weighted by Crippen LogP contribution is -2.51. The molecule has 0 aliphatic heterocycles. The third-order valence-corrected chi connectivity index (χ3v) is 4.20. The SMILES string of the molecule is CC(CC(C)(NC1CC1)C(=O)O)n1ncc2ccccc21. The quantitative estimate of drug-likeness (QED) is 0.857. The van der Waals surface area contributed by atoms with E-state index in [9.17, 15) is 9.90 Å². The van der Waals surface area contributed by atoms with E-state index in [1.165, 1.54) is 0 Å². The number of aliphatic carboxylic acids is 1.